The van der Waals surface area contributed by atoms with Gasteiger partial charge in [0.25, 0.3) is 5.56 Å². The highest BCUT2D eigenvalue weighted by Gasteiger charge is 2.35. The number of thioether (sulfide) groups is 1. The van der Waals surface area contributed by atoms with Crippen molar-refractivity contribution < 1.29 is 14.3 Å². The van der Waals surface area contributed by atoms with Gasteiger partial charge in [0.15, 0.2) is 4.80 Å². The van der Waals surface area contributed by atoms with E-state index < -0.39 is 12.0 Å². The molecule has 10 heteroatoms. The molecule has 0 saturated heterocycles. The van der Waals surface area contributed by atoms with Gasteiger partial charge < -0.3 is 9.47 Å². The highest BCUT2D eigenvalue weighted by molar-refractivity contribution is 14.1. The summed E-state index contributed by atoms with van der Waals surface area (Å²) >= 11 is 8.67. The predicted octanol–water partition coefficient (Wildman–Crippen LogP) is 6.03. The maximum atomic E-state index is 14.1. The molecule has 1 aromatic heterocycles. The summed E-state index contributed by atoms with van der Waals surface area (Å²) in [5.41, 5.74) is 2.93. The second-order valence-corrected chi connectivity index (χ2v) is 12.7. The summed E-state index contributed by atoms with van der Waals surface area (Å²) in [7, 11) is 1.61. The molecule has 40 heavy (non-hydrogen) atoms. The van der Waals surface area contributed by atoms with Gasteiger partial charge in [-0.1, -0.05) is 69.7 Å². The van der Waals surface area contributed by atoms with E-state index in [2.05, 4.69) is 38.5 Å². The number of esters is 1. The molecule has 0 aliphatic carbocycles. The zero-order valence-electron chi connectivity index (χ0n) is 21.8. The number of rotatable bonds is 7. The number of carbonyl (C=O) groups is 1. The molecule has 204 valence electrons. The van der Waals surface area contributed by atoms with Gasteiger partial charge in [-0.05, 0) is 71.7 Å². The van der Waals surface area contributed by atoms with Gasteiger partial charge in [0.1, 0.15) is 5.75 Å². The van der Waals surface area contributed by atoms with Crippen LogP contribution < -0.4 is 19.6 Å². The third-order valence-corrected chi connectivity index (χ3v) is 9.32. The van der Waals surface area contributed by atoms with Crippen LogP contribution >= 0.6 is 61.6 Å². The lowest BCUT2D eigenvalue weighted by Crippen LogP contribution is -2.40. The maximum absolute atomic E-state index is 14.1. The molecule has 5 rings (SSSR count). The van der Waals surface area contributed by atoms with E-state index in [1.807, 2.05) is 79.1 Å². The molecule has 6 nitrogen and oxygen atoms in total. The molecule has 0 radical (unpaired) electrons. The molecule has 0 amide bonds. The zero-order valence-corrected chi connectivity index (χ0v) is 27.2. The Labute approximate surface area is 261 Å². The van der Waals surface area contributed by atoms with Gasteiger partial charge in [-0.3, -0.25) is 9.36 Å². The van der Waals surface area contributed by atoms with Crippen LogP contribution in [0, 0.1) is 3.57 Å². The third-order valence-electron chi connectivity index (χ3n) is 6.33. The number of benzene rings is 3. The second kappa shape index (κ2) is 12.5. The van der Waals surface area contributed by atoms with Gasteiger partial charge in [-0.15, -0.1) is 11.8 Å². The van der Waals surface area contributed by atoms with Crippen molar-refractivity contribution in [1.82, 2.24) is 4.57 Å². The first-order valence-electron chi connectivity index (χ1n) is 12.3. The van der Waals surface area contributed by atoms with E-state index >= 15 is 0 Å². The first kappa shape index (κ1) is 28.8. The van der Waals surface area contributed by atoms with Crippen molar-refractivity contribution in [2.45, 2.75) is 17.9 Å². The molecule has 0 saturated carbocycles. The van der Waals surface area contributed by atoms with Crippen molar-refractivity contribution in [2.24, 2.45) is 4.99 Å². The van der Waals surface area contributed by atoms with Crippen LogP contribution in [0.25, 0.3) is 11.8 Å². The molecule has 3 aromatic carbocycles. The number of ether oxygens (including phenoxy) is 2. The van der Waals surface area contributed by atoms with Gasteiger partial charge in [0.05, 0.1) is 39.1 Å². The monoisotopic (exact) mass is 746 g/mol. The summed E-state index contributed by atoms with van der Waals surface area (Å²) in [6.45, 7) is 1.97. The summed E-state index contributed by atoms with van der Waals surface area (Å²) in [6, 6.07) is 20.6. The summed E-state index contributed by atoms with van der Waals surface area (Å²) in [6.07, 6.45) is 3.83. The summed E-state index contributed by atoms with van der Waals surface area (Å²) in [4.78, 5) is 34.2. The van der Waals surface area contributed by atoms with Gasteiger partial charge >= 0.3 is 5.97 Å². The molecule has 0 bridgehead atoms. The minimum absolute atomic E-state index is 0.203. The van der Waals surface area contributed by atoms with Crippen molar-refractivity contribution in [2.75, 3.05) is 20.0 Å². The van der Waals surface area contributed by atoms with Crippen molar-refractivity contribution in [3.8, 4) is 5.75 Å². The lowest BCUT2D eigenvalue weighted by Gasteiger charge is -2.26. The van der Waals surface area contributed by atoms with E-state index in [-0.39, 0.29) is 12.2 Å². The quantitative estimate of drug-likeness (QED) is 0.131. The largest absolute Gasteiger partial charge is 0.495 e. The Morgan fingerprint density at radius 3 is 2.55 bits per heavy atom. The second-order valence-electron chi connectivity index (χ2n) is 8.71. The normalized spacial score (nSPS) is 15.0. The number of fused-ring (bicyclic) bond motifs is 1. The minimum atomic E-state index is -0.715. The highest BCUT2D eigenvalue weighted by Crippen LogP contribution is 2.36. The van der Waals surface area contributed by atoms with E-state index in [4.69, 9.17) is 14.5 Å². The smallest absolute Gasteiger partial charge is 0.338 e. The van der Waals surface area contributed by atoms with Crippen LogP contribution in [0.2, 0.25) is 0 Å². The predicted molar refractivity (Wildman–Crippen MR) is 173 cm³/mol. The molecular weight excluding hydrogens is 723 g/mol. The highest BCUT2D eigenvalue weighted by atomic mass is 127. The number of methoxy groups -OCH3 is 1. The molecule has 0 unspecified atom stereocenters. The summed E-state index contributed by atoms with van der Waals surface area (Å²) < 4.78 is 15.1. The fraction of sp³-hybridized carbons (Fsp3) is 0.167. The van der Waals surface area contributed by atoms with E-state index in [1.54, 1.807) is 30.4 Å². The Bertz CT molecular complexity index is 1800. The van der Waals surface area contributed by atoms with Gasteiger partial charge in [-0.25, -0.2) is 9.79 Å². The molecule has 0 fully saturated rings. The Morgan fingerprint density at radius 2 is 1.90 bits per heavy atom. The number of nitrogens with zero attached hydrogens (tertiary/aromatic N) is 2. The number of hydrogen-bond acceptors (Lipinski definition) is 7. The fourth-order valence-corrected chi connectivity index (χ4v) is 7.76. The number of aromatic nitrogens is 1. The number of carbonyl (C=O) groups excluding carboxylic acids is 1. The first-order valence-corrected chi connectivity index (χ1v) is 16.2. The van der Waals surface area contributed by atoms with Crippen molar-refractivity contribution in [1.29, 1.82) is 0 Å². The molecular formula is C30H24BrIN2O4S2. The van der Waals surface area contributed by atoms with Gasteiger partial charge in [-0.2, -0.15) is 0 Å². The Hall–Kier alpha value is -2.67. The molecule has 1 aliphatic rings. The van der Waals surface area contributed by atoms with Crippen molar-refractivity contribution >= 4 is 79.4 Å². The number of halogens is 2. The van der Waals surface area contributed by atoms with Crippen LogP contribution in [0.15, 0.2) is 91.5 Å². The summed E-state index contributed by atoms with van der Waals surface area (Å²) in [5.74, 6) is 0.178. The minimum Gasteiger partial charge on any atom is -0.495 e. The third kappa shape index (κ3) is 5.59. The lowest BCUT2D eigenvalue weighted by atomic mass is 9.93. The van der Waals surface area contributed by atoms with Crippen molar-refractivity contribution in [3.05, 3.63) is 117 Å². The van der Waals surface area contributed by atoms with E-state index in [0.717, 1.165) is 29.6 Å². The number of thiazole rings is 1. The average molecular weight is 747 g/mol. The van der Waals surface area contributed by atoms with Crippen LogP contribution in [-0.4, -0.2) is 30.5 Å². The van der Waals surface area contributed by atoms with Gasteiger partial charge in [0, 0.05) is 20.5 Å². The van der Waals surface area contributed by atoms with Gasteiger partial charge in [0.2, 0.25) is 0 Å². The lowest BCUT2D eigenvalue weighted by molar-refractivity contribution is -0.138. The van der Waals surface area contributed by atoms with Crippen LogP contribution in [0.3, 0.4) is 0 Å². The fourth-order valence-electron chi connectivity index (χ4n) is 4.59. The van der Waals surface area contributed by atoms with Crippen LogP contribution in [0.4, 0.5) is 0 Å². The van der Waals surface area contributed by atoms with Crippen LogP contribution in [-0.2, 0) is 9.53 Å². The molecule has 4 aromatic rings. The van der Waals surface area contributed by atoms with E-state index in [9.17, 15) is 9.59 Å². The summed E-state index contributed by atoms with van der Waals surface area (Å²) in [5, 5.41) is 0. The van der Waals surface area contributed by atoms with E-state index in [0.29, 0.717) is 26.4 Å². The molecule has 2 heterocycles. The molecule has 1 atom stereocenters. The topological polar surface area (TPSA) is 69.9 Å². The molecule has 1 aliphatic heterocycles. The SMILES string of the molecule is CCOC(=O)C1=C(c2ccccc2)N=c2s/c(=C\c3cc(Br)cc(I)c3OC)c(=O)n2[C@@H]1c1ccc(SC)cc1. The van der Waals surface area contributed by atoms with Crippen LogP contribution in [0.1, 0.15) is 29.7 Å². The zero-order chi connectivity index (χ0) is 28.4. The first-order chi connectivity index (χ1) is 19.4. The van der Waals surface area contributed by atoms with Crippen molar-refractivity contribution in [3.63, 3.8) is 0 Å². The standard InChI is InChI=1S/C30H24BrIN2O4S2/c1-4-38-29(36)24-25(17-8-6-5-7-9-17)33-30-34(26(24)18-10-12-21(39-3)13-11-18)28(35)23(40-30)15-19-14-20(31)16-22(32)27(19)37-2/h5-16,26H,4H2,1-3H3/b23-15-/t26-/m1/s1. The van der Waals surface area contributed by atoms with E-state index in [1.165, 1.54) is 11.3 Å². The molecule has 0 spiro atoms. The average Bonchev–Trinajstić information content (AvgIpc) is 3.27. The Balaban J connectivity index is 1.84. The number of hydrogen-bond donors (Lipinski definition) is 0. The maximum Gasteiger partial charge on any atom is 0.338 e. The Morgan fingerprint density at radius 1 is 1.18 bits per heavy atom. The van der Waals surface area contributed by atoms with Crippen LogP contribution in [0.5, 0.6) is 5.75 Å². The Kier molecular flexibility index (Phi) is 8.98. The molecule has 0 N–H and O–H groups in total.